The van der Waals surface area contributed by atoms with Crippen LogP contribution in [0, 0.1) is 0 Å². The van der Waals surface area contributed by atoms with Crippen molar-refractivity contribution in [1.82, 2.24) is 4.90 Å². The zero-order chi connectivity index (χ0) is 10.8. The van der Waals surface area contributed by atoms with Gasteiger partial charge in [-0.3, -0.25) is 0 Å². The van der Waals surface area contributed by atoms with Crippen molar-refractivity contribution in [1.29, 1.82) is 0 Å². The normalized spacial score (nSPS) is 11.6. The second-order valence-electron chi connectivity index (χ2n) is 4.49. The molecule has 0 fully saturated rings. The second-order valence-corrected chi connectivity index (χ2v) is 4.49. The molecule has 0 aliphatic rings. The van der Waals surface area contributed by atoms with E-state index in [1.807, 2.05) is 0 Å². The van der Waals surface area contributed by atoms with E-state index >= 15 is 0 Å². The SMILES string of the molecule is CCCCCCCCN(CC)C(C)C. The highest BCUT2D eigenvalue weighted by atomic mass is 15.1. The fourth-order valence-electron chi connectivity index (χ4n) is 1.88. The van der Waals surface area contributed by atoms with E-state index in [1.165, 1.54) is 51.6 Å². The smallest absolute Gasteiger partial charge is 0.00384 e. The van der Waals surface area contributed by atoms with Crippen molar-refractivity contribution in [2.45, 2.75) is 72.3 Å². The minimum absolute atomic E-state index is 0.718. The van der Waals surface area contributed by atoms with E-state index in [-0.39, 0.29) is 0 Å². The Kier molecular flexibility index (Phi) is 9.49. The van der Waals surface area contributed by atoms with E-state index in [4.69, 9.17) is 0 Å². The van der Waals surface area contributed by atoms with Crippen LogP contribution in [-0.4, -0.2) is 24.0 Å². The van der Waals surface area contributed by atoms with Gasteiger partial charge in [0.25, 0.3) is 0 Å². The average Bonchev–Trinajstić information content (AvgIpc) is 2.16. The zero-order valence-corrected chi connectivity index (χ0v) is 10.7. The number of rotatable bonds is 9. The van der Waals surface area contributed by atoms with Crippen LogP contribution in [0.1, 0.15) is 66.2 Å². The summed E-state index contributed by atoms with van der Waals surface area (Å²) in [7, 11) is 0. The fourth-order valence-corrected chi connectivity index (χ4v) is 1.88. The molecule has 0 aromatic rings. The van der Waals surface area contributed by atoms with Crippen LogP contribution in [0.25, 0.3) is 0 Å². The van der Waals surface area contributed by atoms with Gasteiger partial charge in [-0.05, 0) is 33.4 Å². The minimum atomic E-state index is 0.718. The van der Waals surface area contributed by atoms with Crippen molar-refractivity contribution in [3.05, 3.63) is 0 Å². The molecule has 0 atom stereocenters. The highest BCUT2D eigenvalue weighted by Crippen LogP contribution is 2.07. The summed E-state index contributed by atoms with van der Waals surface area (Å²) in [5.41, 5.74) is 0. The van der Waals surface area contributed by atoms with Gasteiger partial charge in [-0.2, -0.15) is 0 Å². The third-order valence-corrected chi connectivity index (χ3v) is 2.94. The van der Waals surface area contributed by atoms with Crippen LogP contribution in [0.3, 0.4) is 0 Å². The van der Waals surface area contributed by atoms with Crippen LogP contribution >= 0.6 is 0 Å². The zero-order valence-electron chi connectivity index (χ0n) is 10.7. The van der Waals surface area contributed by atoms with Crippen molar-refractivity contribution >= 4 is 0 Å². The molecule has 0 aromatic heterocycles. The van der Waals surface area contributed by atoms with Gasteiger partial charge in [0.05, 0.1) is 0 Å². The molecule has 0 aliphatic heterocycles. The highest BCUT2D eigenvalue weighted by molar-refractivity contribution is 4.60. The lowest BCUT2D eigenvalue weighted by Crippen LogP contribution is -2.31. The van der Waals surface area contributed by atoms with Crippen LogP contribution in [0.15, 0.2) is 0 Å². The van der Waals surface area contributed by atoms with Crippen LogP contribution in [0.4, 0.5) is 0 Å². The molecule has 0 aromatic carbocycles. The molecule has 0 unspecified atom stereocenters. The molecular weight excluding hydrogens is 170 g/mol. The summed E-state index contributed by atoms with van der Waals surface area (Å²) in [6.45, 7) is 11.6. The Hall–Kier alpha value is -0.0400. The first-order valence-electron chi connectivity index (χ1n) is 6.46. The standard InChI is InChI=1S/C13H29N/c1-5-7-8-9-10-11-12-14(6-2)13(3)4/h13H,5-12H2,1-4H3. The summed E-state index contributed by atoms with van der Waals surface area (Å²) < 4.78 is 0. The molecule has 0 saturated carbocycles. The Morgan fingerprint density at radius 1 is 0.857 bits per heavy atom. The van der Waals surface area contributed by atoms with Gasteiger partial charge in [0.2, 0.25) is 0 Å². The predicted octanol–water partition coefficient (Wildman–Crippen LogP) is 4.08. The maximum Gasteiger partial charge on any atom is 0.00384 e. The van der Waals surface area contributed by atoms with Crippen molar-refractivity contribution in [2.24, 2.45) is 0 Å². The monoisotopic (exact) mass is 199 g/mol. The third kappa shape index (κ3) is 7.37. The Morgan fingerprint density at radius 3 is 1.93 bits per heavy atom. The number of unbranched alkanes of at least 4 members (excludes halogenated alkanes) is 5. The first kappa shape index (κ1) is 14.0. The third-order valence-electron chi connectivity index (χ3n) is 2.94. The molecular formula is C13H29N. The van der Waals surface area contributed by atoms with E-state index in [9.17, 15) is 0 Å². The lowest BCUT2D eigenvalue weighted by Gasteiger charge is -2.24. The molecule has 86 valence electrons. The Morgan fingerprint density at radius 2 is 1.43 bits per heavy atom. The van der Waals surface area contributed by atoms with Gasteiger partial charge in [0.1, 0.15) is 0 Å². The van der Waals surface area contributed by atoms with Gasteiger partial charge < -0.3 is 4.90 Å². The summed E-state index contributed by atoms with van der Waals surface area (Å²) in [4.78, 5) is 2.56. The molecule has 0 aliphatic carbocycles. The lowest BCUT2D eigenvalue weighted by molar-refractivity contribution is 0.228. The van der Waals surface area contributed by atoms with Gasteiger partial charge in [-0.1, -0.05) is 46.0 Å². The van der Waals surface area contributed by atoms with Gasteiger partial charge in [0.15, 0.2) is 0 Å². The van der Waals surface area contributed by atoms with Crippen molar-refractivity contribution in [3.63, 3.8) is 0 Å². The molecule has 1 heteroatoms. The number of hydrogen-bond donors (Lipinski definition) is 0. The van der Waals surface area contributed by atoms with Crippen LogP contribution < -0.4 is 0 Å². The maximum absolute atomic E-state index is 2.56. The summed E-state index contributed by atoms with van der Waals surface area (Å²) in [5.74, 6) is 0. The highest BCUT2D eigenvalue weighted by Gasteiger charge is 2.04. The van der Waals surface area contributed by atoms with Gasteiger partial charge >= 0.3 is 0 Å². The van der Waals surface area contributed by atoms with Crippen LogP contribution in [-0.2, 0) is 0 Å². The molecule has 0 saturated heterocycles. The Balaban J connectivity index is 3.25. The molecule has 0 heterocycles. The van der Waals surface area contributed by atoms with Crippen LogP contribution in [0.5, 0.6) is 0 Å². The maximum atomic E-state index is 2.56. The molecule has 0 radical (unpaired) electrons. The number of nitrogens with zero attached hydrogens (tertiary/aromatic N) is 1. The van der Waals surface area contributed by atoms with Gasteiger partial charge in [-0.15, -0.1) is 0 Å². The molecule has 0 spiro atoms. The van der Waals surface area contributed by atoms with Crippen molar-refractivity contribution < 1.29 is 0 Å². The molecule has 0 bridgehead atoms. The average molecular weight is 199 g/mol. The fraction of sp³-hybridized carbons (Fsp3) is 1.00. The van der Waals surface area contributed by atoms with E-state index in [0.717, 1.165) is 6.04 Å². The largest absolute Gasteiger partial charge is 0.301 e. The molecule has 0 N–H and O–H groups in total. The van der Waals surface area contributed by atoms with E-state index in [0.29, 0.717) is 0 Å². The number of hydrogen-bond acceptors (Lipinski definition) is 1. The molecule has 0 amide bonds. The Labute approximate surface area is 90.9 Å². The van der Waals surface area contributed by atoms with Crippen molar-refractivity contribution in [3.8, 4) is 0 Å². The molecule has 14 heavy (non-hydrogen) atoms. The topological polar surface area (TPSA) is 3.24 Å². The van der Waals surface area contributed by atoms with Gasteiger partial charge in [0, 0.05) is 6.04 Å². The van der Waals surface area contributed by atoms with E-state index in [2.05, 4.69) is 32.6 Å². The second kappa shape index (κ2) is 9.51. The summed E-state index contributed by atoms with van der Waals surface area (Å²) in [6, 6.07) is 0.718. The molecule has 1 nitrogen and oxygen atoms in total. The minimum Gasteiger partial charge on any atom is -0.301 e. The quantitative estimate of drug-likeness (QED) is 0.506. The molecule has 0 rings (SSSR count). The summed E-state index contributed by atoms with van der Waals surface area (Å²) in [6.07, 6.45) is 8.45. The Bertz CT molecular complexity index is 110. The van der Waals surface area contributed by atoms with Gasteiger partial charge in [-0.25, -0.2) is 0 Å². The van der Waals surface area contributed by atoms with Crippen LogP contribution in [0.2, 0.25) is 0 Å². The van der Waals surface area contributed by atoms with Crippen molar-refractivity contribution in [2.75, 3.05) is 13.1 Å². The predicted molar refractivity (Wildman–Crippen MR) is 65.8 cm³/mol. The first-order valence-corrected chi connectivity index (χ1v) is 6.46. The summed E-state index contributed by atoms with van der Waals surface area (Å²) >= 11 is 0. The van der Waals surface area contributed by atoms with E-state index < -0.39 is 0 Å². The lowest BCUT2D eigenvalue weighted by atomic mass is 10.1. The first-order chi connectivity index (χ1) is 6.72. The summed E-state index contributed by atoms with van der Waals surface area (Å²) in [5, 5.41) is 0. The van der Waals surface area contributed by atoms with E-state index in [1.54, 1.807) is 0 Å².